The highest BCUT2D eigenvalue weighted by Gasteiger charge is 2.16. The van der Waals surface area contributed by atoms with Crippen LogP contribution >= 0.6 is 34.5 Å². The molecule has 3 rings (SSSR count). The van der Waals surface area contributed by atoms with Gasteiger partial charge in [-0.25, -0.2) is 4.98 Å². The van der Waals surface area contributed by atoms with Crippen LogP contribution in [0.2, 0.25) is 10.0 Å². The molecule has 0 aliphatic rings. The Labute approximate surface area is 184 Å². The van der Waals surface area contributed by atoms with Gasteiger partial charge in [0.1, 0.15) is 10.8 Å². The number of nitrogens with zero attached hydrogens (tertiary/aromatic N) is 2. The molecule has 1 heterocycles. The maximum atomic E-state index is 6.30. The Balaban J connectivity index is 1.83. The molecular formula is C21H21Cl2N3O2S. The van der Waals surface area contributed by atoms with Crippen LogP contribution in [0.1, 0.15) is 22.3 Å². The lowest BCUT2D eigenvalue weighted by molar-refractivity contribution is 0.394. The molecule has 5 nitrogen and oxygen atoms in total. The number of anilines is 1. The number of methoxy groups -OCH3 is 2. The van der Waals surface area contributed by atoms with Crippen molar-refractivity contribution in [3.8, 4) is 22.8 Å². The Morgan fingerprint density at radius 1 is 1.03 bits per heavy atom. The van der Waals surface area contributed by atoms with Gasteiger partial charge in [0.2, 0.25) is 5.13 Å². The van der Waals surface area contributed by atoms with Gasteiger partial charge in [0.15, 0.2) is 5.75 Å². The van der Waals surface area contributed by atoms with Crippen LogP contribution in [0.4, 0.5) is 5.13 Å². The highest BCUT2D eigenvalue weighted by atomic mass is 35.5. The quantitative estimate of drug-likeness (QED) is 0.344. The molecule has 3 aromatic rings. The molecule has 29 heavy (non-hydrogen) atoms. The van der Waals surface area contributed by atoms with Gasteiger partial charge in [-0.05, 0) is 38.0 Å². The first-order chi connectivity index (χ1) is 13.8. The van der Waals surface area contributed by atoms with Crippen molar-refractivity contribution in [3.63, 3.8) is 0 Å². The number of aryl methyl sites for hydroxylation is 3. The van der Waals surface area contributed by atoms with Crippen LogP contribution in [0.5, 0.6) is 11.5 Å². The summed E-state index contributed by atoms with van der Waals surface area (Å²) in [7, 11) is 3.03. The van der Waals surface area contributed by atoms with Crippen LogP contribution in [0.15, 0.2) is 28.7 Å². The zero-order valence-corrected chi connectivity index (χ0v) is 19.1. The van der Waals surface area contributed by atoms with E-state index in [4.69, 9.17) is 32.7 Å². The molecule has 2 aromatic carbocycles. The third-order valence-corrected chi connectivity index (χ3v) is 5.74. The zero-order valence-electron chi connectivity index (χ0n) is 16.8. The van der Waals surface area contributed by atoms with Gasteiger partial charge in [0, 0.05) is 16.5 Å². The zero-order chi connectivity index (χ0) is 21.1. The second kappa shape index (κ2) is 9.03. The van der Waals surface area contributed by atoms with Crippen molar-refractivity contribution in [1.29, 1.82) is 0 Å². The van der Waals surface area contributed by atoms with Crippen molar-refractivity contribution < 1.29 is 9.47 Å². The SMILES string of the molecule is COc1c(Cl)cc(/C=N\Nc2nc(-c3c(C)cc(C)cc3C)cs2)c(OC)c1Cl. The predicted octanol–water partition coefficient (Wildman–Crippen LogP) is 6.51. The fraction of sp³-hybridized carbons (Fsp3) is 0.238. The van der Waals surface area contributed by atoms with Gasteiger partial charge in [-0.15, -0.1) is 11.3 Å². The van der Waals surface area contributed by atoms with Gasteiger partial charge >= 0.3 is 0 Å². The highest BCUT2D eigenvalue weighted by Crippen LogP contribution is 2.41. The monoisotopic (exact) mass is 449 g/mol. The lowest BCUT2D eigenvalue weighted by Gasteiger charge is -2.12. The maximum absolute atomic E-state index is 6.30. The van der Waals surface area contributed by atoms with Gasteiger partial charge in [-0.3, -0.25) is 5.43 Å². The number of nitrogens with one attached hydrogen (secondary N) is 1. The lowest BCUT2D eigenvalue weighted by Crippen LogP contribution is -1.97. The van der Waals surface area contributed by atoms with Crippen molar-refractivity contribution in [2.75, 3.05) is 19.6 Å². The number of hydrogen-bond donors (Lipinski definition) is 1. The number of rotatable bonds is 6. The van der Waals surface area contributed by atoms with Crippen LogP contribution < -0.4 is 14.9 Å². The van der Waals surface area contributed by atoms with E-state index in [-0.39, 0.29) is 0 Å². The van der Waals surface area contributed by atoms with Gasteiger partial charge in [-0.1, -0.05) is 40.9 Å². The summed E-state index contributed by atoms with van der Waals surface area (Å²) in [5, 5.41) is 7.63. The molecule has 0 fully saturated rings. The molecule has 0 atom stereocenters. The van der Waals surface area contributed by atoms with Crippen molar-refractivity contribution in [2.45, 2.75) is 20.8 Å². The molecule has 8 heteroatoms. The molecule has 0 aliphatic carbocycles. The van der Waals surface area contributed by atoms with Gasteiger partial charge in [0.05, 0.1) is 31.2 Å². The van der Waals surface area contributed by atoms with E-state index in [2.05, 4.69) is 48.4 Å². The van der Waals surface area contributed by atoms with E-state index in [0.717, 1.165) is 11.3 Å². The van der Waals surface area contributed by atoms with E-state index >= 15 is 0 Å². The average Bonchev–Trinajstić information content (AvgIpc) is 3.09. The van der Waals surface area contributed by atoms with E-state index in [1.807, 2.05) is 5.38 Å². The Hall–Kier alpha value is -2.28. The fourth-order valence-corrected chi connectivity index (χ4v) is 4.63. The Kier molecular flexibility index (Phi) is 6.67. The number of thiazole rings is 1. The lowest BCUT2D eigenvalue weighted by atomic mass is 9.98. The molecule has 1 aromatic heterocycles. The standard InChI is InChI=1S/C21H21Cl2N3O2S/c1-11-6-12(2)17(13(3)7-11)16-10-29-21(25-16)26-24-9-14-8-15(22)20(28-5)18(23)19(14)27-4/h6-10H,1-5H3,(H,25,26)/b24-9-. The second-order valence-electron chi connectivity index (χ2n) is 6.51. The Morgan fingerprint density at radius 3 is 2.31 bits per heavy atom. The summed E-state index contributed by atoms with van der Waals surface area (Å²) in [4.78, 5) is 4.66. The minimum Gasteiger partial charge on any atom is -0.494 e. The minimum atomic E-state index is 0.297. The summed E-state index contributed by atoms with van der Waals surface area (Å²) in [6.45, 7) is 6.30. The van der Waals surface area contributed by atoms with Crippen LogP contribution in [0.3, 0.4) is 0 Å². The molecule has 0 saturated carbocycles. The normalized spacial score (nSPS) is 11.1. The van der Waals surface area contributed by atoms with Crippen molar-refractivity contribution >= 4 is 45.9 Å². The number of ether oxygens (including phenoxy) is 2. The van der Waals surface area contributed by atoms with Crippen molar-refractivity contribution in [1.82, 2.24) is 4.98 Å². The number of hydrazone groups is 1. The third kappa shape index (κ3) is 4.50. The molecule has 0 spiro atoms. The van der Waals surface area contributed by atoms with E-state index in [0.29, 0.717) is 32.2 Å². The van der Waals surface area contributed by atoms with Crippen LogP contribution in [-0.4, -0.2) is 25.4 Å². The molecular weight excluding hydrogens is 429 g/mol. The van der Waals surface area contributed by atoms with Crippen LogP contribution in [0.25, 0.3) is 11.3 Å². The highest BCUT2D eigenvalue weighted by molar-refractivity contribution is 7.14. The largest absolute Gasteiger partial charge is 0.494 e. The summed E-state index contributed by atoms with van der Waals surface area (Å²) in [6.07, 6.45) is 1.58. The van der Waals surface area contributed by atoms with E-state index in [9.17, 15) is 0 Å². The van der Waals surface area contributed by atoms with E-state index in [1.165, 1.54) is 42.2 Å². The van der Waals surface area contributed by atoms with Crippen molar-refractivity contribution in [3.05, 3.63) is 55.9 Å². The second-order valence-corrected chi connectivity index (χ2v) is 8.15. The molecule has 0 radical (unpaired) electrons. The third-order valence-electron chi connectivity index (χ3n) is 4.37. The summed E-state index contributed by atoms with van der Waals surface area (Å²) in [5.41, 5.74) is 9.31. The summed E-state index contributed by atoms with van der Waals surface area (Å²) < 4.78 is 10.6. The Morgan fingerprint density at radius 2 is 1.69 bits per heavy atom. The smallest absolute Gasteiger partial charge is 0.203 e. The van der Waals surface area contributed by atoms with E-state index < -0.39 is 0 Å². The van der Waals surface area contributed by atoms with Crippen LogP contribution in [-0.2, 0) is 0 Å². The number of benzene rings is 2. The average molecular weight is 450 g/mol. The molecule has 0 amide bonds. The first kappa shape index (κ1) is 21.4. The van der Waals surface area contributed by atoms with E-state index in [1.54, 1.807) is 12.3 Å². The molecule has 0 unspecified atom stereocenters. The van der Waals surface area contributed by atoms with Crippen molar-refractivity contribution in [2.24, 2.45) is 5.10 Å². The Bertz CT molecular complexity index is 1060. The predicted molar refractivity (Wildman–Crippen MR) is 123 cm³/mol. The number of aromatic nitrogens is 1. The molecule has 0 bridgehead atoms. The summed E-state index contributed by atoms with van der Waals surface area (Å²) in [5.74, 6) is 0.799. The molecule has 152 valence electrons. The first-order valence-corrected chi connectivity index (χ1v) is 10.4. The minimum absolute atomic E-state index is 0.297. The topological polar surface area (TPSA) is 55.7 Å². The number of hydrogen-bond acceptors (Lipinski definition) is 6. The first-order valence-electron chi connectivity index (χ1n) is 8.78. The van der Waals surface area contributed by atoms with Gasteiger partial charge in [0.25, 0.3) is 0 Å². The maximum Gasteiger partial charge on any atom is 0.203 e. The molecule has 0 saturated heterocycles. The number of halogens is 2. The fourth-order valence-electron chi connectivity index (χ4n) is 3.27. The summed E-state index contributed by atoms with van der Waals surface area (Å²) >= 11 is 14.0. The molecule has 0 aliphatic heterocycles. The molecule has 1 N–H and O–H groups in total. The van der Waals surface area contributed by atoms with Gasteiger partial charge < -0.3 is 9.47 Å². The van der Waals surface area contributed by atoms with Gasteiger partial charge in [-0.2, -0.15) is 5.10 Å². The summed E-state index contributed by atoms with van der Waals surface area (Å²) in [6, 6.07) is 6.01. The van der Waals surface area contributed by atoms with Crippen LogP contribution in [0, 0.1) is 20.8 Å².